The lowest BCUT2D eigenvalue weighted by atomic mass is 9.91. The second-order valence-corrected chi connectivity index (χ2v) is 11.6. The molecule has 1 unspecified atom stereocenters. The Morgan fingerprint density at radius 3 is 2.44 bits per heavy atom. The summed E-state index contributed by atoms with van der Waals surface area (Å²) in [5.41, 5.74) is 2.16. The number of hydrogen-bond donors (Lipinski definition) is 2. The van der Waals surface area contributed by atoms with Gasteiger partial charge in [-0.15, -0.1) is 0 Å². The first-order chi connectivity index (χ1) is 21.6. The molecule has 2 aliphatic heterocycles. The van der Waals surface area contributed by atoms with Gasteiger partial charge in [0, 0.05) is 31.7 Å². The molecular formula is C32H35ClF3N5O4. The highest BCUT2D eigenvalue weighted by molar-refractivity contribution is 6.31. The van der Waals surface area contributed by atoms with Crippen LogP contribution in [0.1, 0.15) is 36.4 Å². The molecule has 2 aromatic heterocycles. The van der Waals surface area contributed by atoms with Crippen molar-refractivity contribution in [1.82, 2.24) is 24.3 Å². The molecule has 0 radical (unpaired) electrons. The van der Waals surface area contributed by atoms with Crippen LogP contribution in [0, 0.1) is 0 Å². The highest BCUT2D eigenvalue weighted by atomic mass is 35.5. The van der Waals surface area contributed by atoms with Gasteiger partial charge in [-0.2, -0.15) is 13.2 Å². The highest BCUT2D eigenvalue weighted by Gasteiger charge is 2.34. The quantitative estimate of drug-likeness (QED) is 0.303. The number of alkyl halides is 3. The van der Waals surface area contributed by atoms with Gasteiger partial charge in [-0.25, -0.2) is 4.98 Å². The van der Waals surface area contributed by atoms with E-state index in [-0.39, 0.29) is 24.1 Å². The van der Waals surface area contributed by atoms with E-state index in [0.29, 0.717) is 68.2 Å². The maximum atomic E-state index is 13.4. The second-order valence-electron chi connectivity index (χ2n) is 11.2. The van der Waals surface area contributed by atoms with Crippen LogP contribution in [0.4, 0.5) is 13.2 Å². The minimum absolute atomic E-state index is 0.0866. The largest absolute Gasteiger partial charge is 0.388 e. The lowest BCUT2D eigenvalue weighted by Crippen LogP contribution is -2.49. The van der Waals surface area contributed by atoms with Gasteiger partial charge >= 0.3 is 6.68 Å². The number of halogens is 4. The molecule has 2 aromatic carbocycles. The van der Waals surface area contributed by atoms with Crippen LogP contribution >= 0.6 is 11.6 Å². The van der Waals surface area contributed by atoms with Crippen LogP contribution in [-0.2, 0) is 22.5 Å². The van der Waals surface area contributed by atoms with Crippen molar-refractivity contribution < 1.29 is 27.8 Å². The van der Waals surface area contributed by atoms with E-state index >= 15 is 0 Å². The number of rotatable bonds is 7. The molecule has 13 heteroatoms. The van der Waals surface area contributed by atoms with E-state index in [0.717, 1.165) is 23.4 Å². The minimum Gasteiger partial charge on any atom is -0.388 e. The van der Waals surface area contributed by atoms with Crippen LogP contribution in [0.2, 0.25) is 5.15 Å². The zero-order valence-electron chi connectivity index (χ0n) is 24.5. The van der Waals surface area contributed by atoms with E-state index in [4.69, 9.17) is 16.3 Å². The number of benzene rings is 2. The number of carbonyl (C=O) groups excluding carboxylic acids is 1. The average molecular weight is 646 g/mol. The van der Waals surface area contributed by atoms with E-state index in [1.54, 1.807) is 10.6 Å². The third-order valence-corrected chi connectivity index (χ3v) is 8.48. The van der Waals surface area contributed by atoms with Crippen LogP contribution < -0.4 is 10.9 Å². The number of ether oxygens (including phenoxy) is 1. The predicted octanol–water partition coefficient (Wildman–Crippen LogP) is 4.67. The summed E-state index contributed by atoms with van der Waals surface area (Å²) in [6.45, 7) is -0.494. The SMILES string of the molecule is FC(F)F.O=C(CCc1ccccc1)N1CCC(O)(Cn2cnc3c(cc(Cl)n3-c3ccc(C4COCCN4)cc3)c2=O)CC1. The van der Waals surface area contributed by atoms with Gasteiger partial charge in [0.1, 0.15) is 11.5 Å². The first-order valence-electron chi connectivity index (χ1n) is 14.8. The molecule has 45 heavy (non-hydrogen) atoms. The molecule has 0 aliphatic carbocycles. The fourth-order valence-electron chi connectivity index (χ4n) is 5.78. The number of likely N-dealkylation sites (tertiary alicyclic amines) is 1. The summed E-state index contributed by atoms with van der Waals surface area (Å²) in [6, 6.07) is 19.7. The van der Waals surface area contributed by atoms with Crippen molar-refractivity contribution in [2.24, 2.45) is 0 Å². The maximum absolute atomic E-state index is 13.4. The van der Waals surface area contributed by atoms with Gasteiger partial charge in [0.2, 0.25) is 5.91 Å². The number of amides is 1. The number of nitrogens with one attached hydrogen (secondary N) is 1. The van der Waals surface area contributed by atoms with Crippen LogP contribution in [0.25, 0.3) is 16.7 Å². The van der Waals surface area contributed by atoms with Crippen LogP contribution in [0.15, 0.2) is 71.8 Å². The molecule has 6 rings (SSSR count). The molecule has 1 amide bonds. The van der Waals surface area contributed by atoms with Gasteiger partial charge in [0.25, 0.3) is 5.56 Å². The van der Waals surface area contributed by atoms with Crippen molar-refractivity contribution in [3.63, 3.8) is 0 Å². The van der Waals surface area contributed by atoms with E-state index < -0.39 is 12.3 Å². The Hall–Kier alpha value is -3.71. The first kappa shape index (κ1) is 32.7. The molecule has 2 N–H and O–H groups in total. The number of aliphatic hydroxyl groups is 1. The molecule has 0 saturated carbocycles. The number of aryl methyl sites for hydroxylation is 1. The molecule has 2 saturated heterocycles. The normalized spacial score (nSPS) is 18.1. The summed E-state index contributed by atoms with van der Waals surface area (Å²) in [5.74, 6) is 0.0866. The van der Waals surface area contributed by atoms with Crippen molar-refractivity contribution in [3.8, 4) is 5.69 Å². The molecule has 4 aromatic rings. The fraction of sp³-hybridized carbons (Fsp3) is 0.406. The zero-order valence-corrected chi connectivity index (χ0v) is 25.3. The summed E-state index contributed by atoms with van der Waals surface area (Å²) >= 11 is 6.60. The van der Waals surface area contributed by atoms with Crippen molar-refractivity contribution in [3.05, 3.63) is 93.6 Å². The van der Waals surface area contributed by atoms with Crippen molar-refractivity contribution >= 4 is 28.5 Å². The van der Waals surface area contributed by atoms with Gasteiger partial charge in [-0.1, -0.05) is 54.1 Å². The Balaban J connectivity index is 0.000000945. The number of morpholine rings is 1. The van der Waals surface area contributed by atoms with Crippen LogP contribution in [-0.4, -0.2) is 75.2 Å². The molecule has 9 nitrogen and oxygen atoms in total. The van der Waals surface area contributed by atoms with Crippen molar-refractivity contribution in [2.75, 3.05) is 32.8 Å². The molecule has 1 atom stereocenters. The smallest absolute Gasteiger partial charge is 0.379 e. The zero-order chi connectivity index (χ0) is 32.0. The van der Waals surface area contributed by atoms with E-state index in [9.17, 15) is 27.9 Å². The van der Waals surface area contributed by atoms with Crippen LogP contribution in [0.3, 0.4) is 0 Å². The lowest BCUT2D eigenvalue weighted by Gasteiger charge is -2.38. The minimum atomic E-state index is -3.67. The summed E-state index contributed by atoms with van der Waals surface area (Å²) in [6.07, 6.45) is 3.40. The molecule has 240 valence electrons. The Kier molecular flexibility index (Phi) is 10.6. The highest BCUT2D eigenvalue weighted by Crippen LogP contribution is 2.28. The monoisotopic (exact) mass is 645 g/mol. The summed E-state index contributed by atoms with van der Waals surface area (Å²) in [4.78, 5) is 32.6. The summed E-state index contributed by atoms with van der Waals surface area (Å²) in [7, 11) is 0. The Bertz CT molecular complexity index is 1630. The fourth-order valence-corrected chi connectivity index (χ4v) is 6.07. The number of hydrogen-bond acceptors (Lipinski definition) is 6. The van der Waals surface area contributed by atoms with Crippen molar-refractivity contribution in [2.45, 2.75) is 50.6 Å². The third-order valence-electron chi connectivity index (χ3n) is 8.20. The molecule has 4 heterocycles. The molecular weight excluding hydrogens is 611 g/mol. The predicted molar refractivity (Wildman–Crippen MR) is 165 cm³/mol. The number of carbonyl (C=O) groups is 1. The van der Waals surface area contributed by atoms with E-state index in [1.807, 2.05) is 59.5 Å². The van der Waals surface area contributed by atoms with Gasteiger partial charge in [0.15, 0.2) is 5.65 Å². The topological polar surface area (TPSA) is 102 Å². The number of nitrogens with zero attached hydrogens (tertiary/aromatic N) is 4. The van der Waals surface area contributed by atoms with Crippen molar-refractivity contribution in [1.29, 1.82) is 0 Å². The Morgan fingerprint density at radius 1 is 1.11 bits per heavy atom. The molecule has 2 fully saturated rings. The molecule has 0 bridgehead atoms. The van der Waals surface area contributed by atoms with Gasteiger partial charge in [-0.05, 0) is 48.6 Å². The summed E-state index contributed by atoms with van der Waals surface area (Å²) < 4.78 is 37.8. The average Bonchev–Trinajstić information content (AvgIpc) is 3.39. The standard InChI is InChI=1S/C31H34ClN5O4.CHF3/c32-27-18-25-29(37(27)24-9-7-23(8-10-24)26-19-41-17-14-33-26)34-21-36(30(25)39)20-31(40)12-15-35(16-13-31)28(38)11-6-22-4-2-1-3-5-22;2-1(3)4/h1-5,7-10,18,21,26,33,40H,6,11-17,19-20H2;1H. The third kappa shape index (κ3) is 8.12. The second kappa shape index (κ2) is 14.6. The number of aromatic nitrogens is 3. The first-order valence-corrected chi connectivity index (χ1v) is 15.2. The van der Waals surface area contributed by atoms with Crippen LogP contribution in [0.5, 0.6) is 0 Å². The number of piperidine rings is 1. The maximum Gasteiger partial charge on any atom is 0.379 e. The molecule has 2 aliphatic rings. The van der Waals surface area contributed by atoms with E-state index in [1.165, 1.54) is 10.9 Å². The Labute approximate surface area is 263 Å². The van der Waals surface area contributed by atoms with E-state index in [2.05, 4.69) is 10.3 Å². The number of fused-ring (bicyclic) bond motifs is 1. The lowest BCUT2D eigenvalue weighted by molar-refractivity contribution is -0.135. The summed E-state index contributed by atoms with van der Waals surface area (Å²) in [5, 5.41) is 15.5. The van der Waals surface area contributed by atoms with Gasteiger partial charge < -0.3 is 20.1 Å². The molecule has 0 spiro atoms. The Morgan fingerprint density at radius 2 is 1.80 bits per heavy atom. The van der Waals surface area contributed by atoms with Gasteiger partial charge in [-0.3, -0.25) is 18.7 Å². The van der Waals surface area contributed by atoms with Gasteiger partial charge in [0.05, 0.1) is 36.8 Å².